The van der Waals surface area contributed by atoms with Crippen LogP contribution in [0.15, 0.2) is 53.7 Å². The molecule has 0 aliphatic heterocycles. The minimum Gasteiger partial charge on any atom is -0.308 e. The number of carbonyl (C=O) groups excluding carboxylic acids is 1. The van der Waals surface area contributed by atoms with Gasteiger partial charge in [0.25, 0.3) is 0 Å². The van der Waals surface area contributed by atoms with Gasteiger partial charge in [-0.15, -0.1) is 10.2 Å². The fourth-order valence-electron chi connectivity index (χ4n) is 3.21. The highest BCUT2D eigenvalue weighted by Crippen LogP contribution is 2.26. The van der Waals surface area contributed by atoms with Gasteiger partial charge in [-0.2, -0.15) is 5.26 Å². The lowest BCUT2D eigenvalue weighted by atomic mass is 10.0. The Morgan fingerprint density at radius 3 is 2.57 bits per heavy atom. The van der Waals surface area contributed by atoms with E-state index in [1.165, 1.54) is 18.7 Å². The Balaban J connectivity index is 1.96. The molecule has 0 fully saturated rings. The molecule has 1 aromatic heterocycles. The van der Waals surface area contributed by atoms with Gasteiger partial charge in [-0.25, -0.2) is 0 Å². The molecule has 152 valence electrons. The van der Waals surface area contributed by atoms with Crippen molar-refractivity contribution >= 4 is 23.3 Å². The molecule has 2 aromatic carbocycles. The number of nitriles is 1. The van der Waals surface area contributed by atoms with Crippen molar-refractivity contribution in [1.82, 2.24) is 14.8 Å². The molecular formula is C23H23N5OS. The van der Waals surface area contributed by atoms with E-state index < -0.39 is 5.92 Å². The number of carbonyl (C=O) groups is 1. The van der Waals surface area contributed by atoms with E-state index in [0.29, 0.717) is 11.6 Å². The lowest BCUT2D eigenvalue weighted by Gasteiger charge is -2.14. The predicted octanol–water partition coefficient (Wildman–Crippen LogP) is 4.32. The van der Waals surface area contributed by atoms with E-state index >= 15 is 0 Å². The average molecular weight is 418 g/mol. The Kier molecular flexibility index (Phi) is 6.80. The van der Waals surface area contributed by atoms with Crippen LogP contribution in [-0.4, -0.2) is 32.0 Å². The topological polar surface area (TPSA) is 95.4 Å². The monoisotopic (exact) mass is 417 g/mol. The standard InChI is InChI=1S/C23H23N5OS/c1-15-9-10-20(16(2)11-15)28-22(12-18-7-5-4-6-8-18)26-27-23(28)30-14-21(29)19(13-24)17(3)25/h4-11,19,25H,12,14H2,1-3H3/t19-/m1/s1. The molecule has 0 saturated heterocycles. The molecule has 1 N–H and O–H groups in total. The summed E-state index contributed by atoms with van der Waals surface area (Å²) in [5, 5.41) is 26.1. The van der Waals surface area contributed by atoms with Crippen LogP contribution >= 0.6 is 11.8 Å². The number of hydrogen-bond donors (Lipinski definition) is 1. The smallest absolute Gasteiger partial charge is 0.196 e. The van der Waals surface area contributed by atoms with Gasteiger partial charge in [-0.3, -0.25) is 9.36 Å². The quantitative estimate of drug-likeness (QED) is 0.435. The van der Waals surface area contributed by atoms with Gasteiger partial charge in [0.05, 0.1) is 17.5 Å². The molecule has 30 heavy (non-hydrogen) atoms. The van der Waals surface area contributed by atoms with Crippen LogP contribution in [-0.2, 0) is 11.2 Å². The van der Waals surface area contributed by atoms with Gasteiger partial charge >= 0.3 is 0 Å². The zero-order valence-corrected chi connectivity index (χ0v) is 18.0. The van der Waals surface area contributed by atoms with Gasteiger partial charge in [0.15, 0.2) is 10.9 Å². The van der Waals surface area contributed by atoms with Crippen LogP contribution < -0.4 is 0 Å². The summed E-state index contributed by atoms with van der Waals surface area (Å²) in [7, 11) is 0. The minimum absolute atomic E-state index is 0.0584. The Hall–Kier alpha value is -3.24. The molecule has 0 bridgehead atoms. The van der Waals surface area contributed by atoms with E-state index in [9.17, 15) is 10.1 Å². The molecule has 0 aliphatic carbocycles. The summed E-state index contributed by atoms with van der Waals surface area (Å²) in [6, 6.07) is 18.1. The number of thioether (sulfide) groups is 1. The van der Waals surface area contributed by atoms with Crippen molar-refractivity contribution in [2.45, 2.75) is 32.3 Å². The number of benzene rings is 2. The third kappa shape index (κ3) is 4.84. The Bertz CT molecular complexity index is 1110. The van der Waals surface area contributed by atoms with Crippen LogP contribution in [0.2, 0.25) is 0 Å². The van der Waals surface area contributed by atoms with Crippen LogP contribution in [0.5, 0.6) is 0 Å². The van der Waals surface area contributed by atoms with Crippen molar-refractivity contribution in [2.75, 3.05) is 5.75 Å². The number of hydrogen-bond acceptors (Lipinski definition) is 6. The molecule has 0 aliphatic rings. The maximum absolute atomic E-state index is 12.4. The maximum atomic E-state index is 12.4. The zero-order valence-electron chi connectivity index (χ0n) is 17.2. The maximum Gasteiger partial charge on any atom is 0.196 e. The van der Waals surface area contributed by atoms with E-state index in [2.05, 4.69) is 16.3 Å². The van der Waals surface area contributed by atoms with Crippen molar-refractivity contribution < 1.29 is 4.79 Å². The number of ketones is 1. The number of rotatable bonds is 8. The summed E-state index contributed by atoms with van der Waals surface area (Å²) in [4.78, 5) is 12.4. The number of Topliss-reactive ketones (excluding diaryl/α,β-unsaturated/α-hetero) is 1. The van der Waals surface area contributed by atoms with E-state index in [0.717, 1.165) is 28.2 Å². The first-order valence-electron chi connectivity index (χ1n) is 9.56. The molecule has 1 heterocycles. The van der Waals surface area contributed by atoms with Crippen LogP contribution in [0.25, 0.3) is 5.69 Å². The minimum atomic E-state index is -1.02. The third-order valence-corrected chi connectivity index (χ3v) is 5.68. The fraction of sp³-hybridized carbons (Fsp3) is 0.261. The Labute approximate surface area is 180 Å². The largest absolute Gasteiger partial charge is 0.308 e. The molecule has 0 radical (unpaired) electrons. The summed E-state index contributed by atoms with van der Waals surface area (Å²) in [5.41, 5.74) is 4.39. The number of nitrogens with zero attached hydrogens (tertiary/aromatic N) is 4. The van der Waals surface area contributed by atoms with E-state index in [-0.39, 0.29) is 17.2 Å². The van der Waals surface area contributed by atoms with Crippen molar-refractivity contribution in [1.29, 1.82) is 10.7 Å². The molecule has 0 saturated carbocycles. The first-order valence-corrected chi connectivity index (χ1v) is 10.5. The van der Waals surface area contributed by atoms with Gasteiger partial charge in [0.1, 0.15) is 11.7 Å². The van der Waals surface area contributed by atoms with Gasteiger partial charge in [-0.1, -0.05) is 59.8 Å². The summed E-state index contributed by atoms with van der Waals surface area (Å²) < 4.78 is 1.98. The van der Waals surface area contributed by atoms with Gasteiger partial charge < -0.3 is 5.41 Å². The number of aryl methyl sites for hydroxylation is 2. The average Bonchev–Trinajstić information content (AvgIpc) is 3.09. The van der Waals surface area contributed by atoms with Crippen molar-refractivity contribution in [3.8, 4) is 11.8 Å². The predicted molar refractivity (Wildman–Crippen MR) is 118 cm³/mol. The lowest BCUT2D eigenvalue weighted by molar-refractivity contribution is -0.117. The molecule has 6 nitrogen and oxygen atoms in total. The summed E-state index contributed by atoms with van der Waals surface area (Å²) in [5.74, 6) is -0.472. The molecule has 0 unspecified atom stereocenters. The van der Waals surface area contributed by atoms with E-state index in [1.807, 2.05) is 66.9 Å². The van der Waals surface area contributed by atoms with Gasteiger partial charge in [-0.05, 0) is 38.0 Å². The molecule has 0 amide bonds. The van der Waals surface area contributed by atoms with E-state index in [1.54, 1.807) is 0 Å². The van der Waals surface area contributed by atoms with Crippen LogP contribution in [0.3, 0.4) is 0 Å². The highest BCUT2D eigenvalue weighted by atomic mass is 32.2. The molecule has 3 rings (SSSR count). The summed E-state index contributed by atoms with van der Waals surface area (Å²) in [6.45, 7) is 5.56. The first-order chi connectivity index (χ1) is 14.4. The number of aromatic nitrogens is 3. The lowest BCUT2D eigenvalue weighted by Crippen LogP contribution is -2.21. The first kappa shape index (κ1) is 21.5. The zero-order chi connectivity index (χ0) is 21.7. The molecule has 1 atom stereocenters. The van der Waals surface area contributed by atoms with Crippen molar-refractivity contribution in [3.63, 3.8) is 0 Å². The summed E-state index contributed by atoms with van der Waals surface area (Å²) >= 11 is 1.25. The van der Waals surface area contributed by atoms with Crippen molar-refractivity contribution in [3.05, 3.63) is 71.0 Å². The Morgan fingerprint density at radius 2 is 1.93 bits per heavy atom. The van der Waals surface area contributed by atoms with Gasteiger partial charge in [0.2, 0.25) is 0 Å². The van der Waals surface area contributed by atoms with Crippen LogP contribution in [0, 0.1) is 36.5 Å². The molecular weight excluding hydrogens is 394 g/mol. The third-order valence-electron chi connectivity index (χ3n) is 4.73. The summed E-state index contributed by atoms with van der Waals surface area (Å²) in [6.07, 6.45) is 0.607. The second-order valence-corrected chi connectivity index (χ2v) is 8.13. The molecule has 7 heteroatoms. The highest BCUT2D eigenvalue weighted by molar-refractivity contribution is 7.99. The fourth-order valence-corrected chi connectivity index (χ4v) is 4.08. The Morgan fingerprint density at radius 1 is 1.20 bits per heavy atom. The number of nitrogens with one attached hydrogen (secondary N) is 1. The van der Waals surface area contributed by atoms with Crippen LogP contribution in [0.4, 0.5) is 0 Å². The molecule has 0 spiro atoms. The normalized spacial score (nSPS) is 11.7. The van der Waals surface area contributed by atoms with Crippen molar-refractivity contribution in [2.24, 2.45) is 5.92 Å². The highest BCUT2D eigenvalue weighted by Gasteiger charge is 2.23. The molecule has 3 aromatic rings. The SMILES string of the molecule is CC(=N)[C@@H](C#N)C(=O)CSc1nnc(Cc2ccccc2)n1-c1ccc(C)cc1C. The second-order valence-electron chi connectivity index (χ2n) is 7.19. The van der Waals surface area contributed by atoms with Crippen LogP contribution in [0.1, 0.15) is 29.4 Å². The second kappa shape index (κ2) is 9.51. The van der Waals surface area contributed by atoms with Gasteiger partial charge in [0, 0.05) is 12.1 Å². The van der Waals surface area contributed by atoms with E-state index in [4.69, 9.17) is 5.41 Å².